The van der Waals surface area contributed by atoms with Crippen molar-refractivity contribution < 1.29 is 17.9 Å². The summed E-state index contributed by atoms with van der Waals surface area (Å²) in [6.07, 6.45) is 6.00. The highest BCUT2D eigenvalue weighted by atomic mass is 32.2. The van der Waals surface area contributed by atoms with Gasteiger partial charge in [-0.25, -0.2) is 8.42 Å². The molecule has 0 unspecified atom stereocenters. The van der Waals surface area contributed by atoms with Crippen LogP contribution in [-0.4, -0.2) is 69.0 Å². The lowest BCUT2D eigenvalue weighted by Crippen LogP contribution is -2.43. The zero-order chi connectivity index (χ0) is 20.0. The number of rotatable bonds is 5. The van der Waals surface area contributed by atoms with Gasteiger partial charge in [0.2, 0.25) is 15.9 Å². The van der Waals surface area contributed by atoms with Gasteiger partial charge in [-0.2, -0.15) is 4.31 Å². The maximum atomic E-state index is 12.7. The molecule has 1 aromatic carbocycles. The summed E-state index contributed by atoms with van der Waals surface area (Å²) in [5.74, 6) is -0.0515. The van der Waals surface area contributed by atoms with E-state index in [1.807, 2.05) is 6.92 Å². The van der Waals surface area contributed by atoms with Crippen molar-refractivity contribution in [2.75, 3.05) is 44.7 Å². The number of benzene rings is 1. The van der Waals surface area contributed by atoms with Gasteiger partial charge in [0.1, 0.15) is 0 Å². The van der Waals surface area contributed by atoms with Gasteiger partial charge < -0.3 is 10.1 Å². The number of amides is 1. The Hall–Kier alpha value is -1.48. The number of anilines is 1. The van der Waals surface area contributed by atoms with E-state index in [2.05, 4.69) is 10.2 Å². The minimum Gasteiger partial charge on any atom is -0.379 e. The predicted octanol–water partition coefficient (Wildman–Crippen LogP) is 2.30. The number of nitrogens with one attached hydrogen (secondary N) is 1. The molecular formula is C20H31N3O4S. The van der Waals surface area contributed by atoms with Crippen LogP contribution in [0, 0.1) is 0 Å². The smallest absolute Gasteiger partial charge is 0.243 e. The highest BCUT2D eigenvalue weighted by Crippen LogP contribution is 2.20. The molecule has 0 aliphatic carbocycles. The van der Waals surface area contributed by atoms with Crippen LogP contribution >= 0.6 is 0 Å². The van der Waals surface area contributed by atoms with E-state index >= 15 is 0 Å². The lowest BCUT2D eigenvalue weighted by Gasteiger charge is -2.29. The Morgan fingerprint density at radius 1 is 0.964 bits per heavy atom. The molecular weight excluding hydrogens is 378 g/mol. The lowest BCUT2D eigenvalue weighted by atomic mass is 10.1. The average molecular weight is 410 g/mol. The number of hydrogen-bond donors (Lipinski definition) is 1. The second-order valence-corrected chi connectivity index (χ2v) is 9.45. The highest BCUT2D eigenvalue weighted by molar-refractivity contribution is 7.89. The van der Waals surface area contributed by atoms with Crippen LogP contribution in [0.5, 0.6) is 0 Å². The van der Waals surface area contributed by atoms with Crippen LogP contribution in [0.1, 0.15) is 39.0 Å². The number of nitrogens with zero attached hydrogens (tertiary/aromatic N) is 2. The molecule has 156 valence electrons. The second kappa shape index (κ2) is 9.82. The predicted molar refractivity (Wildman–Crippen MR) is 109 cm³/mol. The fraction of sp³-hybridized carbons (Fsp3) is 0.650. The molecule has 2 fully saturated rings. The van der Waals surface area contributed by atoms with Gasteiger partial charge in [0.25, 0.3) is 0 Å². The molecule has 0 spiro atoms. The molecule has 2 heterocycles. The Morgan fingerprint density at radius 3 is 2.14 bits per heavy atom. The average Bonchev–Trinajstić information content (AvgIpc) is 2.68. The molecule has 1 aromatic rings. The van der Waals surface area contributed by atoms with Crippen LogP contribution in [0.15, 0.2) is 29.2 Å². The van der Waals surface area contributed by atoms with Gasteiger partial charge in [-0.1, -0.05) is 19.3 Å². The van der Waals surface area contributed by atoms with Crippen LogP contribution in [-0.2, 0) is 19.6 Å². The van der Waals surface area contributed by atoms with Crippen LogP contribution in [0.3, 0.4) is 0 Å². The first-order valence-corrected chi connectivity index (χ1v) is 11.7. The molecule has 7 nitrogen and oxygen atoms in total. The van der Waals surface area contributed by atoms with Crippen molar-refractivity contribution in [3.05, 3.63) is 24.3 Å². The summed E-state index contributed by atoms with van der Waals surface area (Å²) in [6, 6.07) is 6.23. The first-order chi connectivity index (χ1) is 13.5. The van der Waals surface area contributed by atoms with E-state index in [1.54, 1.807) is 24.3 Å². The molecule has 0 saturated carbocycles. The quantitative estimate of drug-likeness (QED) is 0.807. The van der Waals surface area contributed by atoms with Crippen LogP contribution in [0.4, 0.5) is 5.69 Å². The van der Waals surface area contributed by atoms with E-state index in [4.69, 9.17) is 4.74 Å². The van der Waals surface area contributed by atoms with Crippen molar-refractivity contribution in [1.29, 1.82) is 0 Å². The van der Waals surface area contributed by atoms with Gasteiger partial charge in [-0.05, 0) is 57.1 Å². The Morgan fingerprint density at radius 2 is 1.54 bits per heavy atom. The van der Waals surface area contributed by atoms with Gasteiger partial charge >= 0.3 is 0 Å². The van der Waals surface area contributed by atoms with Crippen LogP contribution in [0.25, 0.3) is 0 Å². The third kappa shape index (κ3) is 5.31. The fourth-order valence-corrected chi connectivity index (χ4v) is 5.13. The van der Waals surface area contributed by atoms with Gasteiger partial charge in [0.05, 0.1) is 24.2 Å². The highest BCUT2D eigenvalue weighted by Gasteiger charge is 2.26. The van der Waals surface area contributed by atoms with Gasteiger partial charge in [-0.3, -0.25) is 9.69 Å². The molecule has 0 bridgehead atoms. The molecule has 0 radical (unpaired) electrons. The molecule has 2 saturated heterocycles. The maximum absolute atomic E-state index is 12.7. The van der Waals surface area contributed by atoms with Crippen LogP contribution in [0.2, 0.25) is 0 Å². The van der Waals surface area contributed by atoms with E-state index in [1.165, 1.54) is 23.6 Å². The summed E-state index contributed by atoms with van der Waals surface area (Å²) in [5.41, 5.74) is 0.616. The van der Waals surface area contributed by atoms with Crippen LogP contribution < -0.4 is 5.32 Å². The molecule has 8 heteroatoms. The SMILES string of the molecule is C[C@H](C(=O)Nc1ccc(S(=O)(=O)N2CCOCC2)cc1)N1CCCCCCC1. The van der Waals surface area contributed by atoms with Crippen molar-refractivity contribution >= 4 is 21.6 Å². The van der Waals surface area contributed by atoms with E-state index < -0.39 is 10.0 Å². The number of ether oxygens (including phenoxy) is 1. The van der Waals surface area contributed by atoms with E-state index in [0.29, 0.717) is 32.0 Å². The number of hydrogen-bond acceptors (Lipinski definition) is 5. The molecule has 2 aliphatic heterocycles. The minimum atomic E-state index is -3.52. The van der Waals surface area contributed by atoms with Crippen molar-refractivity contribution in [3.8, 4) is 0 Å². The minimum absolute atomic E-state index is 0.0515. The zero-order valence-electron chi connectivity index (χ0n) is 16.6. The number of sulfonamides is 1. The molecule has 1 amide bonds. The van der Waals surface area contributed by atoms with Crippen molar-refractivity contribution in [3.63, 3.8) is 0 Å². The summed E-state index contributed by atoms with van der Waals surface area (Å²) in [5, 5.41) is 2.92. The Bertz CT molecular complexity index is 737. The molecule has 1 atom stereocenters. The van der Waals surface area contributed by atoms with E-state index in [-0.39, 0.29) is 16.8 Å². The summed E-state index contributed by atoms with van der Waals surface area (Å²) in [7, 11) is -3.52. The third-order valence-corrected chi connectivity index (χ3v) is 7.46. The zero-order valence-corrected chi connectivity index (χ0v) is 17.4. The molecule has 2 aliphatic rings. The monoisotopic (exact) mass is 409 g/mol. The normalized spacial score (nSPS) is 21.5. The van der Waals surface area contributed by atoms with E-state index in [9.17, 15) is 13.2 Å². The van der Waals surface area contributed by atoms with Crippen molar-refractivity contribution in [1.82, 2.24) is 9.21 Å². The standard InChI is InChI=1S/C20H31N3O4S/c1-17(22-11-5-3-2-4-6-12-22)20(24)21-18-7-9-19(10-8-18)28(25,26)23-13-15-27-16-14-23/h7-10,17H,2-6,11-16H2,1H3,(H,21,24)/t17-/m1/s1. The van der Waals surface area contributed by atoms with Gasteiger partial charge in [0.15, 0.2) is 0 Å². The summed E-state index contributed by atoms with van der Waals surface area (Å²) in [4.78, 5) is 15.1. The molecule has 28 heavy (non-hydrogen) atoms. The topological polar surface area (TPSA) is 79.0 Å². The molecule has 3 rings (SSSR count). The number of carbonyl (C=O) groups is 1. The Kier molecular flexibility index (Phi) is 7.45. The maximum Gasteiger partial charge on any atom is 0.243 e. The number of morpholine rings is 1. The summed E-state index contributed by atoms with van der Waals surface area (Å²) < 4.78 is 32.0. The lowest BCUT2D eigenvalue weighted by molar-refractivity contribution is -0.120. The first kappa shape index (κ1) is 21.2. The Balaban J connectivity index is 1.60. The first-order valence-electron chi connectivity index (χ1n) is 10.2. The Labute approximate surface area is 168 Å². The summed E-state index contributed by atoms with van der Waals surface area (Å²) in [6.45, 7) is 5.41. The van der Waals surface area contributed by atoms with Gasteiger partial charge in [-0.15, -0.1) is 0 Å². The molecule has 0 aromatic heterocycles. The van der Waals surface area contributed by atoms with Crippen molar-refractivity contribution in [2.45, 2.75) is 50.0 Å². The number of likely N-dealkylation sites (tertiary alicyclic amines) is 1. The number of carbonyl (C=O) groups excluding carboxylic acids is 1. The van der Waals surface area contributed by atoms with E-state index in [0.717, 1.165) is 25.9 Å². The largest absolute Gasteiger partial charge is 0.379 e. The molecule has 1 N–H and O–H groups in total. The fourth-order valence-electron chi connectivity index (χ4n) is 3.72. The van der Waals surface area contributed by atoms with Gasteiger partial charge in [0, 0.05) is 18.8 Å². The summed E-state index contributed by atoms with van der Waals surface area (Å²) >= 11 is 0. The second-order valence-electron chi connectivity index (χ2n) is 7.51. The third-order valence-electron chi connectivity index (χ3n) is 5.55. The van der Waals surface area contributed by atoms with Crippen molar-refractivity contribution in [2.24, 2.45) is 0 Å².